The third-order valence-corrected chi connectivity index (χ3v) is 3.06. The maximum Gasteiger partial charge on any atom is 0.119 e. The third kappa shape index (κ3) is 2.01. The molecule has 3 aromatic rings. The van der Waals surface area contributed by atoms with Crippen LogP contribution in [-0.2, 0) is 0 Å². The fraction of sp³-hybridized carbons (Fsp3) is 0.133. The van der Waals surface area contributed by atoms with Crippen molar-refractivity contribution in [2.45, 2.75) is 13.8 Å². The highest BCUT2D eigenvalue weighted by Crippen LogP contribution is 2.30. The lowest BCUT2D eigenvalue weighted by atomic mass is 10.1. The Kier molecular flexibility index (Phi) is 2.63. The molecule has 0 atom stereocenters. The van der Waals surface area contributed by atoms with Crippen LogP contribution in [0.5, 0.6) is 0 Å². The molecule has 4 nitrogen and oxygen atoms in total. The molecule has 19 heavy (non-hydrogen) atoms. The van der Waals surface area contributed by atoms with E-state index in [1.54, 1.807) is 4.68 Å². The number of rotatable bonds is 2. The minimum atomic E-state index is 0.646. The molecule has 4 heteroatoms. The predicted octanol–water partition coefficient (Wildman–Crippen LogP) is 3.33. The Morgan fingerprint density at radius 3 is 2.53 bits per heavy atom. The molecular formula is C15H15N3O. The summed E-state index contributed by atoms with van der Waals surface area (Å²) in [4.78, 5) is 0. The highest BCUT2D eigenvalue weighted by Gasteiger charge is 2.14. The summed E-state index contributed by atoms with van der Waals surface area (Å²) in [5.41, 5.74) is 9.41. The topological polar surface area (TPSA) is 57.0 Å². The molecule has 0 aliphatic carbocycles. The molecule has 0 fully saturated rings. The van der Waals surface area contributed by atoms with E-state index < -0.39 is 0 Å². The second-order valence-electron chi connectivity index (χ2n) is 4.54. The van der Waals surface area contributed by atoms with Gasteiger partial charge < -0.3 is 10.2 Å². The van der Waals surface area contributed by atoms with Crippen LogP contribution in [0.25, 0.3) is 16.9 Å². The number of hydrogen-bond donors (Lipinski definition) is 1. The third-order valence-electron chi connectivity index (χ3n) is 3.06. The first-order valence-corrected chi connectivity index (χ1v) is 6.13. The smallest absolute Gasteiger partial charge is 0.119 e. The Morgan fingerprint density at radius 1 is 1.16 bits per heavy atom. The first-order valence-electron chi connectivity index (χ1n) is 6.13. The number of hydrogen-bond acceptors (Lipinski definition) is 3. The van der Waals surface area contributed by atoms with E-state index in [0.717, 1.165) is 28.5 Å². The van der Waals surface area contributed by atoms with E-state index in [2.05, 4.69) is 5.10 Å². The van der Waals surface area contributed by atoms with Crippen LogP contribution < -0.4 is 5.73 Å². The number of nitrogens with zero attached hydrogens (tertiary/aromatic N) is 2. The van der Waals surface area contributed by atoms with Crippen molar-refractivity contribution in [3.63, 3.8) is 0 Å². The van der Waals surface area contributed by atoms with Gasteiger partial charge in [-0.3, -0.25) is 0 Å². The molecule has 0 unspecified atom stereocenters. The molecule has 2 aromatic heterocycles. The van der Waals surface area contributed by atoms with Gasteiger partial charge in [0.2, 0.25) is 0 Å². The molecule has 0 amide bonds. The molecule has 0 spiro atoms. The molecular weight excluding hydrogens is 238 g/mol. The lowest BCUT2D eigenvalue weighted by Gasteiger charge is -1.99. The van der Waals surface area contributed by atoms with Gasteiger partial charge in [-0.15, -0.1) is 0 Å². The highest BCUT2D eigenvalue weighted by atomic mass is 16.3. The monoisotopic (exact) mass is 253 g/mol. The molecule has 2 heterocycles. The normalized spacial score (nSPS) is 10.8. The number of benzene rings is 1. The maximum atomic E-state index is 6.06. The van der Waals surface area contributed by atoms with E-state index in [1.165, 1.54) is 0 Å². The average Bonchev–Trinajstić information content (AvgIpc) is 2.93. The van der Waals surface area contributed by atoms with Gasteiger partial charge in [-0.25, -0.2) is 4.68 Å². The van der Waals surface area contributed by atoms with Crippen LogP contribution in [0.4, 0.5) is 5.69 Å². The zero-order valence-electron chi connectivity index (χ0n) is 10.9. The first-order chi connectivity index (χ1) is 9.15. The predicted molar refractivity (Wildman–Crippen MR) is 75.2 cm³/mol. The second-order valence-corrected chi connectivity index (χ2v) is 4.54. The molecule has 0 aliphatic heterocycles. The Morgan fingerprint density at radius 2 is 1.89 bits per heavy atom. The van der Waals surface area contributed by atoms with Crippen LogP contribution >= 0.6 is 0 Å². The quantitative estimate of drug-likeness (QED) is 0.762. The van der Waals surface area contributed by atoms with Crippen molar-refractivity contribution >= 4 is 5.69 Å². The fourth-order valence-electron chi connectivity index (χ4n) is 2.18. The van der Waals surface area contributed by atoms with Crippen LogP contribution in [0.15, 0.2) is 47.0 Å². The molecule has 0 radical (unpaired) electrons. The van der Waals surface area contributed by atoms with Crippen LogP contribution in [0.2, 0.25) is 0 Å². The van der Waals surface area contributed by atoms with E-state index in [1.807, 2.05) is 56.4 Å². The summed E-state index contributed by atoms with van der Waals surface area (Å²) in [5, 5.41) is 4.56. The van der Waals surface area contributed by atoms with E-state index in [0.29, 0.717) is 5.69 Å². The molecule has 2 N–H and O–H groups in total. The van der Waals surface area contributed by atoms with Crippen LogP contribution in [-0.4, -0.2) is 9.78 Å². The number of nitrogen functional groups attached to an aromatic ring is 1. The van der Waals surface area contributed by atoms with Gasteiger partial charge in [-0.1, -0.05) is 18.2 Å². The minimum Gasteiger partial charge on any atom is -0.466 e. The number of aromatic nitrogens is 2. The van der Waals surface area contributed by atoms with Gasteiger partial charge in [0.1, 0.15) is 17.2 Å². The summed E-state index contributed by atoms with van der Waals surface area (Å²) in [5.74, 6) is 1.70. The molecule has 3 rings (SSSR count). The van der Waals surface area contributed by atoms with Crippen molar-refractivity contribution in [1.82, 2.24) is 9.78 Å². The number of anilines is 1. The van der Waals surface area contributed by atoms with Gasteiger partial charge in [0.25, 0.3) is 0 Å². The molecule has 0 saturated heterocycles. The van der Waals surface area contributed by atoms with Gasteiger partial charge in [-0.2, -0.15) is 5.10 Å². The minimum absolute atomic E-state index is 0.646. The number of aryl methyl sites for hydroxylation is 2. The highest BCUT2D eigenvalue weighted by molar-refractivity contribution is 5.74. The second kappa shape index (κ2) is 4.31. The Bertz CT molecular complexity index is 710. The van der Waals surface area contributed by atoms with E-state index in [9.17, 15) is 0 Å². The lowest BCUT2D eigenvalue weighted by Crippen LogP contribution is -1.94. The van der Waals surface area contributed by atoms with Crippen molar-refractivity contribution in [2.75, 3.05) is 5.73 Å². The average molecular weight is 253 g/mol. The first kappa shape index (κ1) is 11.6. The number of para-hydroxylation sites is 1. The van der Waals surface area contributed by atoms with Crippen LogP contribution in [0.1, 0.15) is 11.5 Å². The molecule has 0 aliphatic rings. The van der Waals surface area contributed by atoms with Gasteiger partial charge in [-0.05, 0) is 32.0 Å². The van der Waals surface area contributed by atoms with Gasteiger partial charge in [0.15, 0.2) is 0 Å². The van der Waals surface area contributed by atoms with Gasteiger partial charge in [0, 0.05) is 5.56 Å². The Balaban J connectivity index is 2.10. The summed E-state index contributed by atoms with van der Waals surface area (Å²) < 4.78 is 7.32. The van der Waals surface area contributed by atoms with E-state index in [-0.39, 0.29) is 0 Å². The van der Waals surface area contributed by atoms with Crippen molar-refractivity contribution in [2.24, 2.45) is 0 Å². The summed E-state index contributed by atoms with van der Waals surface area (Å²) in [6.45, 7) is 3.84. The van der Waals surface area contributed by atoms with Crippen molar-refractivity contribution in [3.05, 3.63) is 54.1 Å². The standard InChI is InChI=1S/C15H15N3O/c1-10-8-13(11(2)19-10)15-14(16)9-18(17-15)12-6-4-3-5-7-12/h3-9H,16H2,1-2H3. The van der Waals surface area contributed by atoms with Crippen molar-refractivity contribution in [3.8, 4) is 16.9 Å². The molecule has 0 bridgehead atoms. The summed E-state index contributed by atoms with van der Waals surface area (Å²) in [6, 6.07) is 11.9. The maximum absolute atomic E-state index is 6.06. The summed E-state index contributed by atoms with van der Waals surface area (Å²) in [7, 11) is 0. The summed E-state index contributed by atoms with van der Waals surface area (Å²) in [6.07, 6.45) is 1.83. The van der Waals surface area contributed by atoms with Crippen molar-refractivity contribution < 1.29 is 4.42 Å². The Labute approximate surface area is 111 Å². The Hall–Kier alpha value is -2.49. The fourth-order valence-corrected chi connectivity index (χ4v) is 2.18. The molecule has 96 valence electrons. The lowest BCUT2D eigenvalue weighted by molar-refractivity contribution is 0.505. The molecule has 1 aromatic carbocycles. The van der Waals surface area contributed by atoms with E-state index in [4.69, 9.17) is 10.2 Å². The van der Waals surface area contributed by atoms with Gasteiger partial charge in [0.05, 0.1) is 17.6 Å². The van der Waals surface area contributed by atoms with Crippen molar-refractivity contribution in [1.29, 1.82) is 0 Å². The van der Waals surface area contributed by atoms with Gasteiger partial charge >= 0.3 is 0 Å². The van der Waals surface area contributed by atoms with Crippen LogP contribution in [0.3, 0.4) is 0 Å². The van der Waals surface area contributed by atoms with Crippen LogP contribution in [0, 0.1) is 13.8 Å². The number of nitrogens with two attached hydrogens (primary N) is 1. The summed E-state index contributed by atoms with van der Waals surface area (Å²) >= 11 is 0. The SMILES string of the molecule is Cc1cc(-c2nn(-c3ccccc3)cc2N)c(C)o1. The zero-order valence-corrected chi connectivity index (χ0v) is 10.9. The molecule has 0 saturated carbocycles. The zero-order chi connectivity index (χ0) is 13.4. The number of furan rings is 1. The largest absolute Gasteiger partial charge is 0.466 e. The van der Waals surface area contributed by atoms with E-state index >= 15 is 0 Å².